The van der Waals surface area contributed by atoms with E-state index in [2.05, 4.69) is 29.2 Å². The zero-order chi connectivity index (χ0) is 27.1. The van der Waals surface area contributed by atoms with Crippen molar-refractivity contribution < 1.29 is 24.1 Å². The van der Waals surface area contributed by atoms with Crippen LogP contribution in [0.3, 0.4) is 0 Å². The van der Waals surface area contributed by atoms with Gasteiger partial charge in [-0.2, -0.15) is 0 Å². The molecule has 0 aliphatic carbocycles. The highest BCUT2D eigenvalue weighted by molar-refractivity contribution is 5.67. The number of rotatable bonds is 12. The first-order valence-corrected chi connectivity index (χ1v) is 13.4. The minimum atomic E-state index is -0.828. The molecule has 3 aromatic carbocycles. The first-order chi connectivity index (χ1) is 18.3. The first kappa shape index (κ1) is 28.0. The lowest BCUT2D eigenvalue weighted by Gasteiger charge is -2.28. The van der Waals surface area contributed by atoms with E-state index in [1.165, 1.54) is 5.56 Å². The zero-order valence-electron chi connectivity index (χ0n) is 22.2. The lowest BCUT2D eigenvalue weighted by atomic mass is 9.94. The second-order valence-corrected chi connectivity index (χ2v) is 10.5. The highest BCUT2D eigenvalue weighted by Gasteiger charge is 2.34. The molecule has 1 heterocycles. The molecule has 0 amide bonds. The highest BCUT2D eigenvalue weighted by atomic mass is 19.1. The molecule has 1 fully saturated rings. The largest absolute Gasteiger partial charge is 0.481 e. The van der Waals surface area contributed by atoms with Gasteiger partial charge in [0, 0.05) is 25.6 Å². The fourth-order valence-electron chi connectivity index (χ4n) is 5.49. The molecule has 3 aromatic rings. The van der Waals surface area contributed by atoms with Crippen LogP contribution in [0.2, 0.25) is 0 Å². The van der Waals surface area contributed by atoms with Crippen LogP contribution in [0, 0.1) is 12.7 Å². The molecule has 4 rings (SSSR count). The molecule has 1 aliphatic heterocycles. The Morgan fingerprint density at radius 1 is 1.11 bits per heavy atom. The molecular formula is C32H38FNO4. The van der Waals surface area contributed by atoms with Crippen molar-refractivity contribution in [1.82, 2.24) is 4.90 Å². The molecule has 2 N–H and O–H groups in total. The van der Waals surface area contributed by atoms with Gasteiger partial charge in [-0.1, -0.05) is 66.7 Å². The Hall–Kier alpha value is -3.06. The fourth-order valence-corrected chi connectivity index (χ4v) is 5.49. The normalized spacial score (nSPS) is 19.4. The zero-order valence-corrected chi connectivity index (χ0v) is 22.2. The van der Waals surface area contributed by atoms with Crippen molar-refractivity contribution in [3.63, 3.8) is 0 Å². The van der Waals surface area contributed by atoms with Crippen LogP contribution in [0.1, 0.15) is 59.6 Å². The van der Waals surface area contributed by atoms with E-state index in [-0.39, 0.29) is 31.0 Å². The molecule has 0 radical (unpaired) electrons. The Morgan fingerprint density at radius 3 is 2.58 bits per heavy atom. The van der Waals surface area contributed by atoms with Gasteiger partial charge < -0.3 is 14.9 Å². The van der Waals surface area contributed by atoms with Crippen LogP contribution >= 0.6 is 0 Å². The number of aryl methyl sites for hydroxylation is 2. The maximum Gasteiger partial charge on any atom is 0.303 e. The van der Waals surface area contributed by atoms with E-state index in [0.717, 1.165) is 36.1 Å². The molecule has 4 atom stereocenters. The minimum Gasteiger partial charge on any atom is -0.481 e. The number of benzene rings is 3. The number of aliphatic hydroxyl groups excluding tert-OH is 1. The topological polar surface area (TPSA) is 70.0 Å². The molecular weight excluding hydrogens is 481 g/mol. The molecule has 0 aromatic heterocycles. The Labute approximate surface area is 224 Å². The highest BCUT2D eigenvalue weighted by Crippen LogP contribution is 2.34. The van der Waals surface area contributed by atoms with Gasteiger partial charge >= 0.3 is 5.97 Å². The van der Waals surface area contributed by atoms with Crippen molar-refractivity contribution >= 4 is 5.97 Å². The average Bonchev–Trinajstić information content (AvgIpc) is 3.30. The summed E-state index contributed by atoms with van der Waals surface area (Å²) in [5.74, 6) is -0.659. The van der Waals surface area contributed by atoms with E-state index in [0.29, 0.717) is 24.4 Å². The summed E-state index contributed by atoms with van der Waals surface area (Å²) >= 11 is 0. The quantitative estimate of drug-likeness (QED) is 0.322. The van der Waals surface area contributed by atoms with Crippen molar-refractivity contribution in [2.24, 2.45) is 0 Å². The van der Waals surface area contributed by atoms with Crippen LogP contribution < -0.4 is 0 Å². The van der Waals surface area contributed by atoms with Gasteiger partial charge in [-0.05, 0) is 72.9 Å². The van der Waals surface area contributed by atoms with Gasteiger partial charge in [0.05, 0.1) is 18.8 Å². The standard InChI is InChI=1S/C32H38FNO4/c1-22-12-13-24(17-31(22)33)16-28-18-27(25-8-4-3-5-9-25)19-34(28)20-29(35)21-38-23(2)30-11-7-6-10-26(30)14-15-32(36)37/h3-13,17,23,27-29,35H,14-16,18-21H2,1-2H3,(H,36,37)/t23-,27-,28-,29-/m1/s1. The van der Waals surface area contributed by atoms with E-state index < -0.39 is 12.1 Å². The predicted octanol–water partition coefficient (Wildman–Crippen LogP) is 5.69. The number of β-amino-alcohol motifs (C(OH)–C–C–N with tert-alkyl or cyclic N) is 1. The molecule has 0 unspecified atom stereocenters. The summed E-state index contributed by atoms with van der Waals surface area (Å²) in [4.78, 5) is 13.3. The summed E-state index contributed by atoms with van der Waals surface area (Å²) in [6.45, 7) is 5.17. The molecule has 0 spiro atoms. The Morgan fingerprint density at radius 2 is 1.84 bits per heavy atom. The number of likely N-dealkylation sites (tertiary alicyclic amines) is 1. The number of nitrogens with zero attached hydrogens (tertiary/aromatic N) is 1. The van der Waals surface area contributed by atoms with Gasteiger partial charge in [0.25, 0.3) is 0 Å². The van der Waals surface area contributed by atoms with Gasteiger partial charge in [0.2, 0.25) is 0 Å². The van der Waals surface area contributed by atoms with E-state index in [1.807, 2.05) is 49.4 Å². The average molecular weight is 520 g/mol. The molecule has 202 valence electrons. The lowest BCUT2D eigenvalue weighted by Crippen LogP contribution is -2.39. The van der Waals surface area contributed by atoms with Crippen molar-refractivity contribution in [2.45, 2.75) is 63.7 Å². The molecule has 6 heteroatoms. The summed E-state index contributed by atoms with van der Waals surface area (Å²) in [6, 6.07) is 23.8. The molecule has 1 saturated heterocycles. The maximum absolute atomic E-state index is 14.2. The van der Waals surface area contributed by atoms with Crippen LogP contribution in [0.15, 0.2) is 72.8 Å². The van der Waals surface area contributed by atoms with Gasteiger partial charge in [0.1, 0.15) is 5.82 Å². The third-order valence-corrected chi connectivity index (χ3v) is 7.59. The van der Waals surface area contributed by atoms with Crippen LogP contribution in [-0.4, -0.2) is 52.9 Å². The van der Waals surface area contributed by atoms with Crippen LogP contribution in [0.25, 0.3) is 0 Å². The summed E-state index contributed by atoms with van der Waals surface area (Å²) < 4.78 is 20.3. The number of carboxylic acid groups (broad SMARTS) is 1. The minimum absolute atomic E-state index is 0.0656. The predicted molar refractivity (Wildman–Crippen MR) is 147 cm³/mol. The Bertz CT molecular complexity index is 1200. The molecule has 38 heavy (non-hydrogen) atoms. The van der Waals surface area contributed by atoms with E-state index in [9.17, 15) is 14.3 Å². The second kappa shape index (κ2) is 13.1. The van der Waals surface area contributed by atoms with Gasteiger partial charge in [-0.3, -0.25) is 9.69 Å². The Balaban J connectivity index is 1.40. The summed E-state index contributed by atoms with van der Waals surface area (Å²) in [5, 5.41) is 20.0. The van der Waals surface area contributed by atoms with Gasteiger partial charge in [0.15, 0.2) is 0 Å². The summed E-state index contributed by atoms with van der Waals surface area (Å²) in [6.07, 6.45) is 1.22. The smallest absolute Gasteiger partial charge is 0.303 e. The second-order valence-electron chi connectivity index (χ2n) is 10.5. The third-order valence-electron chi connectivity index (χ3n) is 7.59. The first-order valence-electron chi connectivity index (χ1n) is 13.4. The van der Waals surface area contributed by atoms with Crippen LogP contribution in [0.4, 0.5) is 4.39 Å². The number of hydrogen-bond donors (Lipinski definition) is 2. The van der Waals surface area contributed by atoms with E-state index in [1.54, 1.807) is 13.0 Å². The monoisotopic (exact) mass is 519 g/mol. The SMILES string of the molecule is Cc1ccc(C[C@@H]2C[C@@H](c3ccccc3)CN2C[C@@H](O)CO[C@H](C)c2ccccc2CCC(=O)O)cc1F. The van der Waals surface area contributed by atoms with Crippen LogP contribution in [-0.2, 0) is 22.4 Å². The fraction of sp³-hybridized carbons (Fsp3) is 0.406. The Kier molecular flexibility index (Phi) is 9.67. The number of hydrogen-bond acceptors (Lipinski definition) is 4. The number of aliphatic hydroxyl groups is 1. The molecule has 0 bridgehead atoms. The van der Waals surface area contributed by atoms with Crippen LogP contribution in [0.5, 0.6) is 0 Å². The van der Waals surface area contributed by atoms with Crippen molar-refractivity contribution in [1.29, 1.82) is 0 Å². The van der Waals surface area contributed by atoms with Gasteiger partial charge in [-0.15, -0.1) is 0 Å². The van der Waals surface area contributed by atoms with Gasteiger partial charge in [-0.25, -0.2) is 4.39 Å². The van der Waals surface area contributed by atoms with Crippen molar-refractivity contribution in [3.05, 3.63) is 106 Å². The number of carboxylic acids is 1. The molecule has 0 saturated carbocycles. The number of halogens is 1. The molecule has 5 nitrogen and oxygen atoms in total. The van der Waals surface area contributed by atoms with Crippen molar-refractivity contribution in [2.75, 3.05) is 19.7 Å². The number of aliphatic carboxylic acids is 1. The third kappa shape index (κ3) is 7.50. The molecule has 1 aliphatic rings. The summed E-state index contributed by atoms with van der Waals surface area (Å²) in [5.41, 5.74) is 4.80. The number of ether oxygens (including phenoxy) is 1. The van der Waals surface area contributed by atoms with Crippen molar-refractivity contribution in [3.8, 4) is 0 Å². The van der Waals surface area contributed by atoms with E-state index >= 15 is 0 Å². The maximum atomic E-state index is 14.2. The summed E-state index contributed by atoms with van der Waals surface area (Å²) in [7, 11) is 0. The van der Waals surface area contributed by atoms with E-state index in [4.69, 9.17) is 9.84 Å². The number of carbonyl (C=O) groups is 1. The lowest BCUT2D eigenvalue weighted by molar-refractivity contribution is -0.136.